The van der Waals surface area contributed by atoms with E-state index in [0.29, 0.717) is 0 Å². The van der Waals surface area contributed by atoms with Crippen LogP contribution in [0.25, 0.3) is 89.5 Å². The molecule has 2 heterocycles. The van der Waals surface area contributed by atoms with E-state index in [1.807, 2.05) is 0 Å². The molecule has 0 aliphatic heterocycles. The lowest BCUT2D eigenvalue weighted by atomic mass is 9.98. The Morgan fingerprint density at radius 1 is 0.348 bits per heavy atom. The van der Waals surface area contributed by atoms with Crippen molar-refractivity contribution in [2.45, 2.75) is 0 Å². The van der Waals surface area contributed by atoms with Gasteiger partial charge in [-0.05, 0) is 57.3 Å². The molecule has 2 aromatic heterocycles. The van der Waals surface area contributed by atoms with E-state index in [-0.39, 0.29) is 0 Å². The molecule has 0 radical (unpaired) electrons. The normalized spacial score (nSPS) is 12.4. The third-order valence-corrected chi connectivity index (χ3v) is 9.69. The van der Waals surface area contributed by atoms with Crippen LogP contribution in [-0.2, 0) is 14.1 Å². The molecule has 0 saturated heterocycles. The molecule has 0 amide bonds. The number of benzene rings is 7. The molecule has 0 unspecified atom stereocenters. The van der Waals surface area contributed by atoms with Crippen molar-refractivity contribution >= 4 is 89.5 Å². The van der Waals surface area contributed by atoms with E-state index < -0.39 is 0 Å². The summed E-state index contributed by atoms with van der Waals surface area (Å²) in [4.78, 5) is 0. The summed E-state index contributed by atoms with van der Waals surface area (Å²) in [6.45, 7) is 0. The minimum Gasteiger partial charge on any atom is -0.343 e. The topological polar surface area (TPSA) is 9.86 Å². The van der Waals surface area contributed by atoms with Crippen LogP contribution in [0.4, 0.5) is 0 Å². The Balaban J connectivity index is 1.33. The first-order valence-corrected chi connectivity index (χ1v) is 15.9. The van der Waals surface area contributed by atoms with Gasteiger partial charge in [-0.2, -0.15) is 0 Å². The zero-order chi connectivity index (χ0) is 30.8. The van der Waals surface area contributed by atoms with Gasteiger partial charge in [-0.25, -0.2) is 0 Å². The number of rotatable bonds is 4. The molecule has 9 rings (SSSR count). The molecular weight excluding hydrogens is 556 g/mol. The van der Waals surface area contributed by atoms with Crippen molar-refractivity contribution in [1.29, 1.82) is 0 Å². The molecule has 7 aromatic carbocycles. The Morgan fingerprint density at radius 3 is 1.13 bits per heavy atom. The van der Waals surface area contributed by atoms with E-state index >= 15 is 0 Å². The molecule has 9 aromatic rings. The number of nitrogens with zero attached hydrogens (tertiary/aromatic N) is 2. The van der Waals surface area contributed by atoms with Gasteiger partial charge in [-0.15, -0.1) is 0 Å². The van der Waals surface area contributed by atoms with Crippen molar-refractivity contribution in [2.75, 3.05) is 0 Å². The first-order valence-electron chi connectivity index (χ1n) is 15.9. The molecule has 2 heteroatoms. The van der Waals surface area contributed by atoms with Gasteiger partial charge < -0.3 is 9.13 Å². The Bertz CT molecular complexity index is 2490. The molecule has 0 spiro atoms. The summed E-state index contributed by atoms with van der Waals surface area (Å²) in [7, 11) is 4.44. The number of fused-ring (bicyclic) bond motifs is 10. The predicted molar refractivity (Wildman–Crippen MR) is 200 cm³/mol. The van der Waals surface area contributed by atoms with Crippen molar-refractivity contribution in [3.63, 3.8) is 0 Å². The molecule has 0 saturated carbocycles. The summed E-state index contributed by atoms with van der Waals surface area (Å²) < 4.78 is 4.79. The summed E-state index contributed by atoms with van der Waals surface area (Å²) in [5.41, 5.74) is 9.92. The lowest BCUT2D eigenvalue weighted by molar-refractivity contribution is 1.01. The molecule has 0 N–H and O–H groups in total. The van der Waals surface area contributed by atoms with E-state index in [0.717, 1.165) is 0 Å². The summed E-state index contributed by atoms with van der Waals surface area (Å²) in [5.74, 6) is 0. The summed E-state index contributed by atoms with van der Waals surface area (Å²) in [6, 6.07) is 48.3. The Morgan fingerprint density at radius 2 is 0.717 bits per heavy atom. The lowest BCUT2D eigenvalue weighted by Gasteiger charge is -2.08. The monoisotopic (exact) mass is 588 g/mol. The van der Waals surface area contributed by atoms with Gasteiger partial charge in [0.15, 0.2) is 0 Å². The van der Waals surface area contributed by atoms with Crippen LogP contribution in [-0.4, -0.2) is 9.13 Å². The Hall–Kier alpha value is -5.86. The molecule has 0 aliphatic rings. The maximum Gasteiger partial charge on any atom is 0.0568 e. The first kappa shape index (κ1) is 26.5. The summed E-state index contributed by atoms with van der Waals surface area (Å²) >= 11 is 0. The Kier molecular flexibility index (Phi) is 5.97. The van der Waals surface area contributed by atoms with Crippen molar-refractivity contribution < 1.29 is 0 Å². The Labute approximate surface area is 267 Å². The van der Waals surface area contributed by atoms with Crippen LogP contribution in [0.3, 0.4) is 0 Å². The highest BCUT2D eigenvalue weighted by Crippen LogP contribution is 2.42. The van der Waals surface area contributed by atoms with Gasteiger partial charge in [0.05, 0.1) is 11.0 Å². The lowest BCUT2D eigenvalue weighted by Crippen LogP contribution is -1.90. The van der Waals surface area contributed by atoms with Gasteiger partial charge in [0.1, 0.15) is 0 Å². The number of aryl methyl sites for hydroxylation is 2. The van der Waals surface area contributed by atoms with Gasteiger partial charge >= 0.3 is 0 Å². The van der Waals surface area contributed by atoms with E-state index in [1.54, 1.807) is 0 Å². The predicted octanol–water partition coefficient (Wildman–Crippen LogP) is 11.6. The van der Waals surface area contributed by atoms with Crippen LogP contribution < -0.4 is 0 Å². The first-order chi connectivity index (χ1) is 22.7. The average molecular weight is 589 g/mol. The molecule has 0 bridgehead atoms. The van der Waals surface area contributed by atoms with Crippen molar-refractivity contribution in [2.24, 2.45) is 14.1 Å². The van der Waals surface area contributed by atoms with Gasteiger partial charge in [0.25, 0.3) is 0 Å². The third-order valence-electron chi connectivity index (χ3n) is 9.69. The maximum atomic E-state index is 2.42. The molecule has 0 fully saturated rings. The average Bonchev–Trinajstić information content (AvgIpc) is 3.55. The standard InChI is InChI=1S/C44H32N2/c1-45-41-27-38-40-26-32(24-22-30-15-7-4-8-16-30)34-18-10-12-20-36(34)44(40)46(2)42(38)28-37(41)39-25-31(23-21-29-13-5-3-6-14-29)33-17-9-11-19-35(33)43(39)45/h3-28H,1-2H3/b23-21+,24-22+. The highest BCUT2D eigenvalue weighted by Gasteiger charge is 2.19. The van der Waals surface area contributed by atoms with E-state index in [2.05, 4.69) is 181 Å². The second-order valence-electron chi connectivity index (χ2n) is 12.3. The highest BCUT2D eigenvalue weighted by molar-refractivity contribution is 6.25. The third kappa shape index (κ3) is 4.04. The molecule has 218 valence electrons. The van der Waals surface area contributed by atoms with Crippen LogP contribution in [0, 0.1) is 0 Å². The van der Waals surface area contributed by atoms with Crippen LogP contribution in [0.5, 0.6) is 0 Å². The minimum absolute atomic E-state index is 1.20. The van der Waals surface area contributed by atoms with Crippen molar-refractivity contribution in [3.05, 3.63) is 156 Å². The van der Waals surface area contributed by atoms with Crippen LogP contribution in [0.15, 0.2) is 133 Å². The van der Waals surface area contributed by atoms with Crippen LogP contribution in [0.2, 0.25) is 0 Å². The van der Waals surface area contributed by atoms with Gasteiger partial charge in [0, 0.05) is 57.4 Å². The molecular formula is C44H32N2. The van der Waals surface area contributed by atoms with E-state index in [9.17, 15) is 0 Å². The molecule has 0 aliphatic carbocycles. The van der Waals surface area contributed by atoms with Crippen LogP contribution in [0.1, 0.15) is 22.3 Å². The summed E-state index contributed by atoms with van der Waals surface area (Å²) in [5, 5.41) is 10.2. The highest BCUT2D eigenvalue weighted by atomic mass is 15.0. The van der Waals surface area contributed by atoms with Gasteiger partial charge in [-0.1, -0.05) is 133 Å². The maximum absolute atomic E-state index is 2.42. The largest absolute Gasteiger partial charge is 0.343 e. The second kappa shape index (κ2) is 10.4. The minimum atomic E-state index is 1.20. The fraction of sp³-hybridized carbons (Fsp3) is 0.0455. The number of aromatic nitrogens is 2. The zero-order valence-electron chi connectivity index (χ0n) is 25.9. The number of hydrogen-bond donors (Lipinski definition) is 0. The quantitative estimate of drug-likeness (QED) is 0.181. The zero-order valence-corrected chi connectivity index (χ0v) is 25.9. The second-order valence-corrected chi connectivity index (χ2v) is 12.3. The van der Waals surface area contributed by atoms with Crippen molar-refractivity contribution in [3.8, 4) is 0 Å². The molecule has 0 atom stereocenters. The number of hydrogen-bond acceptors (Lipinski definition) is 0. The fourth-order valence-corrected chi connectivity index (χ4v) is 7.49. The summed E-state index contributed by atoms with van der Waals surface area (Å²) in [6.07, 6.45) is 8.97. The SMILES string of the molecule is Cn1c2cc3c4cc(/C=C/c5ccccc5)c5ccccc5c4n(C)c3cc2c2cc(/C=C/c3ccccc3)c3ccccc3c21. The molecule has 46 heavy (non-hydrogen) atoms. The van der Waals surface area contributed by atoms with E-state index in [4.69, 9.17) is 0 Å². The smallest absolute Gasteiger partial charge is 0.0568 e. The van der Waals surface area contributed by atoms with E-state index in [1.165, 1.54) is 87.4 Å². The van der Waals surface area contributed by atoms with Gasteiger partial charge in [0.2, 0.25) is 0 Å². The van der Waals surface area contributed by atoms with Gasteiger partial charge in [-0.3, -0.25) is 0 Å². The molecule has 2 nitrogen and oxygen atoms in total. The fourth-order valence-electron chi connectivity index (χ4n) is 7.49. The van der Waals surface area contributed by atoms with Crippen LogP contribution >= 0.6 is 0 Å². The van der Waals surface area contributed by atoms with Crippen molar-refractivity contribution in [1.82, 2.24) is 9.13 Å².